The lowest BCUT2D eigenvalue weighted by Gasteiger charge is -2.30. The zero-order valence-corrected chi connectivity index (χ0v) is 11.7. The lowest BCUT2D eigenvalue weighted by molar-refractivity contribution is 0.196. The van der Waals surface area contributed by atoms with E-state index in [9.17, 15) is 0 Å². The third kappa shape index (κ3) is 4.87. The summed E-state index contributed by atoms with van der Waals surface area (Å²) in [7, 11) is 0. The molecule has 0 amide bonds. The van der Waals surface area contributed by atoms with Crippen LogP contribution in [0.2, 0.25) is 0 Å². The molecule has 3 heteroatoms. The SMILES string of the molecule is Cl.ClCC1CCN(CCc2ccccc2)CC1. The summed E-state index contributed by atoms with van der Waals surface area (Å²) in [5, 5.41) is 0. The number of nitrogens with zero attached hydrogens (tertiary/aromatic N) is 1. The highest BCUT2D eigenvalue weighted by Gasteiger charge is 2.17. The number of alkyl halides is 1. The predicted molar refractivity (Wildman–Crippen MR) is 77.3 cm³/mol. The molecule has 1 aromatic rings. The largest absolute Gasteiger partial charge is 0.303 e. The van der Waals surface area contributed by atoms with Crippen molar-refractivity contribution in [3.8, 4) is 0 Å². The summed E-state index contributed by atoms with van der Waals surface area (Å²) in [6.45, 7) is 3.65. The zero-order valence-electron chi connectivity index (χ0n) is 10.1. The van der Waals surface area contributed by atoms with Crippen LogP contribution in [0, 0.1) is 5.92 Å². The number of hydrogen-bond donors (Lipinski definition) is 0. The van der Waals surface area contributed by atoms with Crippen molar-refractivity contribution in [3.05, 3.63) is 35.9 Å². The van der Waals surface area contributed by atoms with Crippen molar-refractivity contribution < 1.29 is 0 Å². The Kier molecular flexibility index (Phi) is 6.94. The van der Waals surface area contributed by atoms with E-state index in [4.69, 9.17) is 11.6 Å². The van der Waals surface area contributed by atoms with Crippen molar-refractivity contribution in [2.24, 2.45) is 5.92 Å². The van der Waals surface area contributed by atoms with Crippen molar-refractivity contribution in [3.63, 3.8) is 0 Å². The maximum atomic E-state index is 5.88. The van der Waals surface area contributed by atoms with Gasteiger partial charge in [-0.15, -0.1) is 24.0 Å². The van der Waals surface area contributed by atoms with Crippen LogP contribution < -0.4 is 0 Å². The van der Waals surface area contributed by atoms with Crippen LogP contribution in [0.5, 0.6) is 0 Å². The molecule has 1 aromatic carbocycles. The average molecular weight is 274 g/mol. The fourth-order valence-corrected chi connectivity index (χ4v) is 2.60. The second-order valence-corrected chi connectivity index (χ2v) is 4.98. The van der Waals surface area contributed by atoms with Crippen LogP contribution in [0.1, 0.15) is 18.4 Å². The molecule has 0 spiro atoms. The van der Waals surface area contributed by atoms with Crippen LogP contribution in [0.25, 0.3) is 0 Å². The van der Waals surface area contributed by atoms with Gasteiger partial charge in [-0.2, -0.15) is 0 Å². The summed E-state index contributed by atoms with van der Waals surface area (Å²) in [6.07, 6.45) is 3.73. The fraction of sp³-hybridized carbons (Fsp3) is 0.571. The highest BCUT2D eigenvalue weighted by Crippen LogP contribution is 2.18. The highest BCUT2D eigenvalue weighted by molar-refractivity contribution is 6.18. The normalized spacial score (nSPS) is 17.7. The molecule has 0 atom stereocenters. The van der Waals surface area contributed by atoms with E-state index in [0.717, 1.165) is 11.8 Å². The Hall–Kier alpha value is -0.240. The first kappa shape index (κ1) is 14.8. The molecule has 1 aliphatic rings. The zero-order chi connectivity index (χ0) is 11.2. The van der Waals surface area contributed by atoms with Gasteiger partial charge in [0.05, 0.1) is 0 Å². The summed E-state index contributed by atoms with van der Waals surface area (Å²) < 4.78 is 0. The van der Waals surface area contributed by atoms with Gasteiger partial charge in [-0.25, -0.2) is 0 Å². The van der Waals surface area contributed by atoms with Crippen molar-refractivity contribution >= 4 is 24.0 Å². The van der Waals surface area contributed by atoms with Gasteiger partial charge >= 0.3 is 0 Å². The molecule has 0 aliphatic carbocycles. The Labute approximate surface area is 116 Å². The summed E-state index contributed by atoms with van der Waals surface area (Å²) in [4.78, 5) is 2.57. The lowest BCUT2D eigenvalue weighted by Crippen LogP contribution is -2.35. The van der Waals surface area contributed by atoms with Gasteiger partial charge in [-0.3, -0.25) is 0 Å². The number of benzene rings is 1. The van der Waals surface area contributed by atoms with Gasteiger partial charge in [-0.05, 0) is 43.8 Å². The molecule has 1 heterocycles. The molecule has 0 N–H and O–H groups in total. The molecule has 96 valence electrons. The van der Waals surface area contributed by atoms with Crippen LogP contribution in [0.15, 0.2) is 30.3 Å². The van der Waals surface area contributed by atoms with E-state index in [1.165, 1.54) is 44.5 Å². The summed E-state index contributed by atoms with van der Waals surface area (Å²) in [5.41, 5.74) is 1.45. The highest BCUT2D eigenvalue weighted by atomic mass is 35.5. The summed E-state index contributed by atoms with van der Waals surface area (Å²) >= 11 is 5.88. The number of rotatable bonds is 4. The minimum Gasteiger partial charge on any atom is -0.303 e. The third-order valence-corrected chi connectivity index (χ3v) is 3.92. The quantitative estimate of drug-likeness (QED) is 0.758. The first-order valence-corrected chi connectivity index (χ1v) is 6.74. The summed E-state index contributed by atoms with van der Waals surface area (Å²) in [5.74, 6) is 1.60. The van der Waals surface area contributed by atoms with Gasteiger partial charge in [0.25, 0.3) is 0 Å². The smallest absolute Gasteiger partial charge is 0.0252 e. The Morgan fingerprint density at radius 2 is 1.76 bits per heavy atom. The molecule has 0 bridgehead atoms. The van der Waals surface area contributed by atoms with E-state index < -0.39 is 0 Å². The molecule has 0 saturated carbocycles. The predicted octanol–water partition coefficient (Wildman–Crippen LogP) is 3.60. The molecule has 1 aliphatic heterocycles. The molecule has 17 heavy (non-hydrogen) atoms. The first-order valence-electron chi connectivity index (χ1n) is 6.20. The Bertz CT molecular complexity index is 294. The first-order chi connectivity index (χ1) is 7.88. The van der Waals surface area contributed by atoms with Crippen molar-refractivity contribution in [1.29, 1.82) is 0 Å². The van der Waals surface area contributed by atoms with Crippen LogP contribution in [-0.4, -0.2) is 30.4 Å². The van der Waals surface area contributed by atoms with Gasteiger partial charge in [0.15, 0.2) is 0 Å². The van der Waals surface area contributed by atoms with E-state index in [2.05, 4.69) is 35.2 Å². The topological polar surface area (TPSA) is 3.24 Å². The molecule has 1 saturated heterocycles. The van der Waals surface area contributed by atoms with Crippen LogP contribution >= 0.6 is 24.0 Å². The van der Waals surface area contributed by atoms with Crippen LogP contribution in [0.3, 0.4) is 0 Å². The van der Waals surface area contributed by atoms with E-state index in [-0.39, 0.29) is 12.4 Å². The monoisotopic (exact) mass is 273 g/mol. The van der Waals surface area contributed by atoms with E-state index in [1.54, 1.807) is 0 Å². The minimum atomic E-state index is 0. The fourth-order valence-electron chi connectivity index (χ4n) is 2.30. The van der Waals surface area contributed by atoms with Crippen molar-refractivity contribution in [2.45, 2.75) is 19.3 Å². The number of piperidine rings is 1. The molecule has 0 unspecified atom stereocenters. The second kappa shape index (κ2) is 7.97. The number of hydrogen-bond acceptors (Lipinski definition) is 1. The van der Waals surface area contributed by atoms with Crippen LogP contribution in [-0.2, 0) is 6.42 Å². The standard InChI is InChI=1S/C14H20ClN.ClH/c15-12-14-7-10-16(11-8-14)9-6-13-4-2-1-3-5-13;/h1-5,14H,6-12H2;1H. The Morgan fingerprint density at radius 3 is 2.35 bits per heavy atom. The van der Waals surface area contributed by atoms with Gasteiger partial charge in [0, 0.05) is 12.4 Å². The van der Waals surface area contributed by atoms with Gasteiger partial charge in [0.2, 0.25) is 0 Å². The maximum Gasteiger partial charge on any atom is 0.0252 e. The Balaban J connectivity index is 0.00000144. The minimum absolute atomic E-state index is 0. The Morgan fingerprint density at radius 1 is 1.12 bits per heavy atom. The second-order valence-electron chi connectivity index (χ2n) is 4.67. The number of halogens is 2. The van der Waals surface area contributed by atoms with Crippen molar-refractivity contribution in [1.82, 2.24) is 4.90 Å². The van der Waals surface area contributed by atoms with Gasteiger partial charge in [-0.1, -0.05) is 30.3 Å². The van der Waals surface area contributed by atoms with Gasteiger partial charge < -0.3 is 4.90 Å². The molecule has 0 radical (unpaired) electrons. The molecular weight excluding hydrogens is 253 g/mol. The molecule has 2 rings (SSSR count). The number of likely N-dealkylation sites (tertiary alicyclic amines) is 1. The van der Waals surface area contributed by atoms with Crippen LogP contribution in [0.4, 0.5) is 0 Å². The van der Waals surface area contributed by atoms with E-state index >= 15 is 0 Å². The van der Waals surface area contributed by atoms with E-state index in [1.807, 2.05) is 0 Å². The van der Waals surface area contributed by atoms with E-state index in [0.29, 0.717) is 0 Å². The maximum absolute atomic E-state index is 5.88. The molecular formula is C14H21Cl2N. The molecule has 1 fully saturated rings. The third-order valence-electron chi connectivity index (χ3n) is 3.48. The molecule has 0 aromatic heterocycles. The van der Waals surface area contributed by atoms with Crippen molar-refractivity contribution in [2.75, 3.05) is 25.5 Å². The average Bonchev–Trinajstić information content (AvgIpc) is 2.38. The van der Waals surface area contributed by atoms with Gasteiger partial charge in [0.1, 0.15) is 0 Å². The summed E-state index contributed by atoms with van der Waals surface area (Å²) in [6, 6.07) is 10.7. The molecule has 1 nitrogen and oxygen atoms in total. The lowest BCUT2D eigenvalue weighted by atomic mass is 9.98.